The van der Waals surface area contributed by atoms with Crippen LogP contribution >= 0.6 is 0 Å². The molecule has 0 aliphatic heterocycles. The largest absolute Gasteiger partial charge is 0.310 e. The van der Waals surface area contributed by atoms with E-state index < -0.39 is 8.07 Å². The summed E-state index contributed by atoms with van der Waals surface area (Å²) in [5.41, 5.74) is 1.70. The predicted molar refractivity (Wildman–Crippen MR) is 85.2 cm³/mol. The van der Waals surface area contributed by atoms with Crippen LogP contribution in [0.1, 0.15) is 33.3 Å². The van der Waals surface area contributed by atoms with E-state index in [4.69, 9.17) is 0 Å². The first-order valence-corrected chi connectivity index (χ1v) is 10.4. The molecule has 0 saturated carbocycles. The minimum Gasteiger partial charge on any atom is -0.310 e. The quantitative estimate of drug-likeness (QED) is 0.816. The normalized spacial score (nSPS) is 14.6. The average molecular weight is 264 g/mol. The number of hydrogen-bond acceptors (Lipinski definition) is 1. The fourth-order valence-corrected chi connectivity index (χ4v) is 2.87. The number of rotatable bonds is 4. The van der Waals surface area contributed by atoms with Gasteiger partial charge in [-0.1, -0.05) is 69.9 Å². The molecule has 2 heteroatoms. The highest BCUT2D eigenvalue weighted by molar-refractivity contribution is 6.88. The van der Waals surface area contributed by atoms with Gasteiger partial charge in [-0.2, -0.15) is 0 Å². The van der Waals surface area contributed by atoms with E-state index in [1.165, 1.54) is 10.8 Å². The van der Waals surface area contributed by atoms with Crippen molar-refractivity contribution in [2.24, 2.45) is 5.41 Å². The molecule has 102 valence electrons. The lowest BCUT2D eigenvalue weighted by Gasteiger charge is -2.28. The van der Waals surface area contributed by atoms with Crippen LogP contribution in [0.15, 0.2) is 24.3 Å². The zero-order valence-electron chi connectivity index (χ0n) is 13.1. The van der Waals surface area contributed by atoms with Crippen LogP contribution in [0.3, 0.4) is 0 Å². The van der Waals surface area contributed by atoms with Gasteiger partial charge >= 0.3 is 0 Å². The van der Waals surface area contributed by atoms with Gasteiger partial charge < -0.3 is 5.32 Å². The summed E-state index contributed by atoms with van der Waals surface area (Å²) in [5, 5.41) is 5.15. The Labute approximate surface area is 114 Å². The summed E-state index contributed by atoms with van der Waals surface area (Å²) in [7, 11) is -1.15. The van der Waals surface area contributed by atoms with E-state index in [9.17, 15) is 0 Å². The SMILES string of the molecule is CC(NCc1ccc([Si](C)(C)C)cc1)C(C)(C)C. The van der Waals surface area contributed by atoms with Gasteiger partial charge in [-0.15, -0.1) is 0 Å². The van der Waals surface area contributed by atoms with Crippen LogP contribution in [0.4, 0.5) is 0 Å². The molecule has 1 aromatic carbocycles. The lowest BCUT2D eigenvalue weighted by atomic mass is 9.88. The Hall–Kier alpha value is -0.603. The highest BCUT2D eigenvalue weighted by Gasteiger charge is 2.19. The molecule has 1 N–H and O–H groups in total. The molecule has 0 saturated heterocycles. The van der Waals surface area contributed by atoms with E-state index in [2.05, 4.69) is 76.9 Å². The molecule has 0 bridgehead atoms. The second kappa shape index (κ2) is 5.58. The molecule has 0 spiro atoms. The van der Waals surface area contributed by atoms with Crippen LogP contribution in [0.2, 0.25) is 19.6 Å². The molecule has 1 atom stereocenters. The molecular weight excluding hydrogens is 234 g/mol. The molecule has 0 amide bonds. The van der Waals surface area contributed by atoms with Gasteiger partial charge in [0, 0.05) is 12.6 Å². The lowest BCUT2D eigenvalue weighted by molar-refractivity contribution is 0.285. The van der Waals surface area contributed by atoms with Crippen LogP contribution in [0, 0.1) is 5.41 Å². The van der Waals surface area contributed by atoms with Gasteiger partial charge in [-0.05, 0) is 17.9 Å². The van der Waals surface area contributed by atoms with E-state index in [0.717, 1.165) is 6.54 Å². The molecule has 18 heavy (non-hydrogen) atoms. The molecule has 1 nitrogen and oxygen atoms in total. The molecule has 1 unspecified atom stereocenters. The first-order chi connectivity index (χ1) is 8.10. The van der Waals surface area contributed by atoms with Crippen molar-refractivity contribution < 1.29 is 0 Å². The van der Waals surface area contributed by atoms with Gasteiger partial charge in [0.05, 0.1) is 8.07 Å². The van der Waals surface area contributed by atoms with Crippen molar-refractivity contribution in [3.8, 4) is 0 Å². The van der Waals surface area contributed by atoms with Gasteiger partial charge in [0.15, 0.2) is 0 Å². The van der Waals surface area contributed by atoms with Gasteiger partial charge in [0.2, 0.25) is 0 Å². The molecule has 0 aliphatic rings. The maximum Gasteiger partial charge on any atom is 0.0775 e. The summed E-state index contributed by atoms with van der Waals surface area (Å²) < 4.78 is 0. The van der Waals surface area contributed by atoms with Crippen molar-refractivity contribution in [3.05, 3.63) is 29.8 Å². The predicted octanol–water partition coefficient (Wildman–Crippen LogP) is 3.76. The fraction of sp³-hybridized carbons (Fsp3) is 0.625. The van der Waals surface area contributed by atoms with Crippen molar-refractivity contribution in [2.75, 3.05) is 0 Å². The smallest absolute Gasteiger partial charge is 0.0775 e. The molecule has 1 rings (SSSR count). The highest BCUT2D eigenvalue weighted by atomic mass is 28.3. The monoisotopic (exact) mass is 263 g/mol. The summed E-state index contributed by atoms with van der Waals surface area (Å²) >= 11 is 0. The molecule has 0 aliphatic carbocycles. The van der Waals surface area contributed by atoms with Crippen LogP contribution in [-0.4, -0.2) is 14.1 Å². The number of nitrogens with one attached hydrogen (secondary N) is 1. The van der Waals surface area contributed by atoms with E-state index in [0.29, 0.717) is 11.5 Å². The summed E-state index contributed by atoms with van der Waals surface area (Å²) in [6.07, 6.45) is 0. The van der Waals surface area contributed by atoms with Crippen LogP contribution in [0.25, 0.3) is 0 Å². The van der Waals surface area contributed by atoms with Gasteiger partial charge in [-0.3, -0.25) is 0 Å². The van der Waals surface area contributed by atoms with Crippen molar-refractivity contribution in [3.63, 3.8) is 0 Å². The summed E-state index contributed by atoms with van der Waals surface area (Å²) in [6, 6.07) is 9.69. The fourth-order valence-electron chi connectivity index (χ4n) is 1.70. The van der Waals surface area contributed by atoms with Crippen molar-refractivity contribution >= 4 is 13.3 Å². The van der Waals surface area contributed by atoms with Crippen LogP contribution in [0.5, 0.6) is 0 Å². The minimum atomic E-state index is -1.15. The van der Waals surface area contributed by atoms with E-state index in [1.54, 1.807) is 0 Å². The second-order valence-corrected chi connectivity index (χ2v) is 12.5. The summed E-state index contributed by atoms with van der Waals surface area (Å²) in [6.45, 7) is 17.2. The summed E-state index contributed by atoms with van der Waals surface area (Å²) in [5.74, 6) is 0. The maximum atomic E-state index is 3.61. The first-order valence-electron chi connectivity index (χ1n) is 6.93. The molecule has 0 fully saturated rings. The van der Waals surface area contributed by atoms with Gasteiger partial charge in [-0.25, -0.2) is 0 Å². The molecule has 1 aromatic rings. The highest BCUT2D eigenvalue weighted by Crippen LogP contribution is 2.18. The van der Waals surface area contributed by atoms with Gasteiger partial charge in [0.1, 0.15) is 0 Å². The third-order valence-corrected chi connectivity index (χ3v) is 5.80. The van der Waals surface area contributed by atoms with Gasteiger partial charge in [0.25, 0.3) is 0 Å². The van der Waals surface area contributed by atoms with E-state index in [-0.39, 0.29) is 0 Å². The average Bonchev–Trinajstić information content (AvgIpc) is 2.24. The standard InChI is InChI=1S/C16H29NSi/c1-13(16(2,3)4)17-12-14-8-10-15(11-9-14)18(5,6)7/h8-11,13,17H,12H2,1-7H3. The lowest BCUT2D eigenvalue weighted by Crippen LogP contribution is -2.38. The van der Waals surface area contributed by atoms with E-state index in [1.807, 2.05) is 0 Å². The molecular formula is C16H29NSi. The van der Waals surface area contributed by atoms with Crippen LogP contribution in [-0.2, 0) is 6.54 Å². The first kappa shape index (κ1) is 15.5. The Kier molecular flexibility index (Phi) is 4.79. The summed E-state index contributed by atoms with van der Waals surface area (Å²) in [4.78, 5) is 0. The number of hydrogen-bond donors (Lipinski definition) is 1. The Morgan fingerprint density at radius 2 is 1.56 bits per heavy atom. The topological polar surface area (TPSA) is 12.0 Å². The zero-order valence-corrected chi connectivity index (χ0v) is 14.1. The second-order valence-electron chi connectivity index (χ2n) is 7.42. The number of benzene rings is 1. The van der Waals surface area contributed by atoms with Crippen molar-refractivity contribution in [1.82, 2.24) is 5.32 Å². The van der Waals surface area contributed by atoms with Crippen molar-refractivity contribution in [2.45, 2.75) is 59.9 Å². The minimum absolute atomic E-state index is 0.318. The maximum absolute atomic E-state index is 3.61. The Morgan fingerprint density at radius 3 is 1.94 bits per heavy atom. The molecule has 0 radical (unpaired) electrons. The Bertz CT molecular complexity index is 368. The molecule has 0 aromatic heterocycles. The van der Waals surface area contributed by atoms with E-state index >= 15 is 0 Å². The third-order valence-electron chi connectivity index (χ3n) is 3.73. The zero-order chi connectivity index (χ0) is 14.0. The Morgan fingerprint density at radius 1 is 1.06 bits per heavy atom. The van der Waals surface area contributed by atoms with Crippen molar-refractivity contribution in [1.29, 1.82) is 0 Å². The Balaban J connectivity index is 2.60. The molecule has 0 heterocycles. The van der Waals surface area contributed by atoms with Crippen LogP contribution < -0.4 is 10.5 Å². The third kappa shape index (κ3) is 4.58.